The Morgan fingerprint density at radius 2 is 1.54 bits per heavy atom. The van der Waals surface area contributed by atoms with Crippen molar-refractivity contribution in [1.29, 1.82) is 5.26 Å². The summed E-state index contributed by atoms with van der Waals surface area (Å²) in [6, 6.07) is 17.9. The third kappa shape index (κ3) is 7.20. The second kappa shape index (κ2) is 15.1. The number of nitrogens with one attached hydrogen (secondary N) is 2. The number of halogens is 1. The van der Waals surface area contributed by atoms with Gasteiger partial charge in [0, 0.05) is 97.9 Å². The van der Waals surface area contributed by atoms with Gasteiger partial charge >= 0.3 is 0 Å². The van der Waals surface area contributed by atoms with Gasteiger partial charge in [0.15, 0.2) is 0 Å². The maximum atomic E-state index is 13.5. The van der Waals surface area contributed by atoms with E-state index in [2.05, 4.69) is 26.5 Å². The summed E-state index contributed by atoms with van der Waals surface area (Å²) < 4.78 is 6.35. The standard InChI is InChI=1S/C44H46ClN7O7/c1-43(2)41(44(3,4)42(43)59-30-11-9-28(21-46)33(45)20-30)48-36(54)26-5-7-27(8-6-26)38(56)50-17-15-49(16-18-50)22-25-23-51(24-25)29-10-12-31-32(19-29)40(58)52(39(31)57)34-13-14-35(53)47-37(34)55/h5-12,19-20,25,34,41-42H,13-18,22-24H2,1-4H3,(H,48,54)(H,47,53,55)/t34?,41-,42-. The van der Waals surface area contributed by atoms with Crippen LogP contribution in [0, 0.1) is 28.1 Å². The van der Waals surface area contributed by atoms with Gasteiger partial charge in [-0.25, -0.2) is 0 Å². The van der Waals surface area contributed by atoms with E-state index in [0.29, 0.717) is 46.5 Å². The van der Waals surface area contributed by atoms with Crippen LogP contribution in [0.5, 0.6) is 5.75 Å². The van der Waals surface area contributed by atoms with E-state index in [1.54, 1.807) is 54.6 Å². The van der Waals surface area contributed by atoms with Crippen molar-refractivity contribution in [3.05, 3.63) is 93.5 Å². The van der Waals surface area contributed by atoms with Crippen molar-refractivity contribution in [2.24, 2.45) is 16.7 Å². The molecule has 8 rings (SSSR count). The molecule has 0 aromatic heterocycles. The molecule has 14 nitrogen and oxygen atoms in total. The van der Waals surface area contributed by atoms with Crippen LogP contribution in [-0.2, 0) is 9.59 Å². The molecule has 0 bridgehead atoms. The highest BCUT2D eigenvalue weighted by Crippen LogP contribution is 2.55. The molecule has 1 atom stereocenters. The largest absolute Gasteiger partial charge is 0.489 e. The summed E-state index contributed by atoms with van der Waals surface area (Å²) in [5, 5.41) is 15.0. The summed E-state index contributed by atoms with van der Waals surface area (Å²) in [5.74, 6) is -1.40. The predicted octanol–water partition coefficient (Wildman–Crippen LogP) is 4.12. The van der Waals surface area contributed by atoms with Crippen LogP contribution >= 0.6 is 11.6 Å². The number of nitriles is 1. The molecule has 306 valence electrons. The summed E-state index contributed by atoms with van der Waals surface area (Å²) in [6.45, 7) is 13.3. The summed E-state index contributed by atoms with van der Waals surface area (Å²) in [6.07, 6.45) is -0.0388. The van der Waals surface area contributed by atoms with Crippen LogP contribution in [0.25, 0.3) is 0 Å². The smallest absolute Gasteiger partial charge is 0.262 e. The number of imide groups is 2. The molecule has 0 radical (unpaired) electrons. The van der Waals surface area contributed by atoms with Crippen LogP contribution in [0.2, 0.25) is 5.02 Å². The van der Waals surface area contributed by atoms with Crippen LogP contribution in [0.15, 0.2) is 60.7 Å². The van der Waals surface area contributed by atoms with Gasteiger partial charge in [-0.15, -0.1) is 0 Å². The zero-order valence-electron chi connectivity index (χ0n) is 33.4. The number of hydrogen-bond acceptors (Lipinski definition) is 10. The highest BCUT2D eigenvalue weighted by atomic mass is 35.5. The number of amides is 6. The Balaban J connectivity index is 0.790. The van der Waals surface area contributed by atoms with Crippen LogP contribution in [0.1, 0.15) is 87.5 Å². The molecule has 4 aliphatic heterocycles. The highest BCUT2D eigenvalue weighted by Gasteiger charge is 2.64. The fourth-order valence-corrected chi connectivity index (χ4v) is 10.0. The number of rotatable bonds is 9. The Morgan fingerprint density at radius 1 is 0.881 bits per heavy atom. The van der Waals surface area contributed by atoms with Crippen molar-refractivity contribution in [2.75, 3.05) is 50.7 Å². The lowest BCUT2D eigenvalue weighted by atomic mass is 9.49. The number of piperidine rings is 1. The van der Waals surface area contributed by atoms with Crippen molar-refractivity contribution in [1.82, 2.24) is 25.3 Å². The Kier molecular flexibility index (Phi) is 10.2. The van der Waals surface area contributed by atoms with Gasteiger partial charge in [-0.1, -0.05) is 39.3 Å². The highest BCUT2D eigenvalue weighted by molar-refractivity contribution is 6.31. The van der Waals surface area contributed by atoms with Gasteiger partial charge in [-0.05, 0) is 61.0 Å². The summed E-state index contributed by atoms with van der Waals surface area (Å²) >= 11 is 6.23. The normalized spacial score (nSPS) is 23.8. The van der Waals surface area contributed by atoms with Gasteiger partial charge in [0.1, 0.15) is 24.0 Å². The minimum atomic E-state index is -0.995. The molecule has 59 heavy (non-hydrogen) atoms. The molecular formula is C44H46ClN7O7. The van der Waals surface area contributed by atoms with E-state index < -0.39 is 40.5 Å². The first-order valence-corrected chi connectivity index (χ1v) is 20.3. The maximum Gasteiger partial charge on any atom is 0.262 e. The lowest BCUT2D eigenvalue weighted by Gasteiger charge is -2.63. The Bertz CT molecular complexity index is 2290. The Morgan fingerprint density at radius 3 is 2.19 bits per heavy atom. The molecule has 6 amide bonds. The third-order valence-corrected chi connectivity index (χ3v) is 13.1. The zero-order valence-corrected chi connectivity index (χ0v) is 34.2. The summed E-state index contributed by atoms with van der Waals surface area (Å²) in [7, 11) is 0. The quantitative estimate of drug-likeness (QED) is 0.300. The monoisotopic (exact) mass is 819 g/mol. The molecule has 5 aliphatic rings. The second-order valence-corrected chi connectivity index (χ2v) is 17.8. The number of anilines is 1. The second-order valence-electron chi connectivity index (χ2n) is 17.4. The minimum Gasteiger partial charge on any atom is -0.489 e. The number of fused-ring (bicyclic) bond motifs is 1. The molecule has 15 heteroatoms. The summed E-state index contributed by atoms with van der Waals surface area (Å²) in [4.78, 5) is 84.6. The number of carbonyl (C=O) groups is 6. The van der Waals surface area contributed by atoms with E-state index in [1.165, 1.54) is 0 Å². The van der Waals surface area contributed by atoms with Crippen molar-refractivity contribution < 1.29 is 33.5 Å². The zero-order chi connectivity index (χ0) is 42.0. The number of hydrogen-bond donors (Lipinski definition) is 2. The molecule has 2 N–H and O–H groups in total. The van der Waals surface area contributed by atoms with Gasteiger partial charge in [0.25, 0.3) is 23.6 Å². The SMILES string of the molecule is CC1(C)[C@H](NC(=O)c2ccc(C(=O)N3CCN(CC4CN(c5ccc6c(c5)C(=O)N(C5CCC(=O)NC5=O)C6=O)C4)CC3)cc2)C(C)(C)[C@H]1Oc1ccc(C#N)c(Cl)c1. The average molecular weight is 820 g/mol. The topological polar surface area (TPSA) is 172 Å². The lowest BCUT2D eigenvalue weighted by molar-refractivity contribution is -0.164. The molecule has 1 aliphatic carbocycles. The fraction of sp³-hybridized carbons (Fsp3) is 0.432. The van der Waals surface area contributed by atoms with Crippen LogP contribution < -0.4 is 20.3 Å². The van der Waals surface area contributed by atoms with Crippen molar-refractivity contribution in [2.45, 2.75) is 58.7 Å². The van der Waals surface area contributed by atoms with E-state index >= 15 is 0 Å². The van der Waals surface area contributed by atoms with Crippen molar-refractivity contribution >= 4 is 52.7 Å². The van der Waals surface area contributed by atoms with Gasteiger partial charge in [0.05, 0.1) is 21.7 Å². The van der Waals surface area contributed by atoms with E-state index in [0.717, 1.165) is 43.3 Å². The molecule has 0 spiro atoms. The van der Waals surface area contributed by atoms with E-state index in [4.69, 9.17) is 16.3 Å². The minimum absolute atomic E-state index is 0.0728. The van der Waals surface area contributed by atoms with Crippen LogP contribution in [0.4, 0.5) is 5.69 Å². The molecule has 4 fully saturated rings. The number of piperazine rings is 1. The first kappa shape index (κ1) is 40.0. The summed E-state index contributed by atoms with van der Waals surface area (Å²) in [5.41, 5.74) is 1.92. The first-order chi connectivity index (χ1) is 28.1. The number of benzene rings is 3. The van der Waals surface area contributed by atoms with E-state index in [-0.39, 0.29) is 47.9 Å². The van der Waals surface area contributed by atoms with Gasteiger partial charge in [-0.3, -0.25) is 43.9 Å². The average Bonchev–Trinajstić information content (AvgIpc) is 3.44. The predicted molar refractivity (Wildman–Crippen MR) is 217 cm³/mol. The molecule has 1 unspecified atom stereocenters. The van der Waals surface area contributed by atoms with Crippen molar-refractivity contribution in [3.63, 3.8) is 0 Å². The number of carbonyl (C=O) groups excluding carboxylic acids is 6. The van der Waals surface area contributed by atoms with Crippen LogP contribution in [-0.4, -0.2) is 114 Å². The molecule has 3 aromatic carbocycles. The van der Waals surface area contributed by atoms with Crippen molar-refractivity contribution in [3.8, 4) is 11.8 Å². The molecule has 4 heterocycles. The van der Waals surface area contributed by atoms with Gasteiger partial charge < -0.3 is 19.9 Å². The van der Waals surface area contributed by atoms with Crippen LogP contribution in [0.3, 0.4) is 0 Å². The first-order valence-electron chi connectivity index (χ1n) is 20.0. The number of nitrogens with zero attached hydrogens (tertiary/aromatic N) is 5. The number of ether oxygens (including phenoxy) is 1. The maximum absolute atomic E-state index is 13.5. The third-order valence-electron chi connectivity index (χ3n) is 12.7. The van der Waals surface area contributed by atoms with Gasteiger partial charge in [0.2, 0.25) is 11.8 Å². The lowest BCUT2D eigenvalue weighted by Crippen LogP contribution is -2.74. The van der Waals surface area contributed by atoms with E-state index in [9.17, 15) is 34.0 Å². The molecule has 1 saturated carbocycles. The van der Waals surface area contributed by atoms with Gasteiger partial charge in [-0.2, -0.15) is 5.26 Å². The fourth-order valence-electron chi connectivity index (χ4n) is 9.81. The van der Waals surface area contributed by atoms with E-state index in [1.807, 2.05) is 38.7 Å². The Labute approximate surface area is 347 Å². The molecule has 3 aromatic rings. The Hall–Kier alpha value is -5.78. The molecular weight excluding hydrogens is 774 g/mol. The molecule has 3 saturated heterocycles.